The van der Waals surface area contributed by atoms with Crippen LogP contribution in [0, 0.1) is 0 Å². The smallest absolute Gasteiger partial charge is 0.264 e. The predicted octanol–water partition coefficient (Wildman–Crippen LogP) is 2.59. The van der Waals surface area contributed by atoms with Crippen molar-refractivity contribution in [3.05, 3.63) is 45.5 Å². The average molecular weight is 325 g/mol. The summed E-state index contributed by atoms with van der Waals surface area (Å²) in [5, 5.41) is 1.99. The fourth-order valence-corrected chi connectivity index (χ4v) is 3.17. The Morgan fingerprint density at radius 1 is 1.10 bits per heavy atom. The normalized spacial score (nSPS) is 15.3. The summed E-state index contributed by atoms with van der Waals surface area (Å²) >= 11 is 7.25. The molecule has 21 heavy (non-hydrogen) atoms. The van der Waals surface area contributed by atoms with E-state index in [1.165, 1.54) is 17.6 Å². The summed E-state index contributed by atoms with van der Waals surface area (Å²) in [7, 11) is 0. The van der Waals surface area contributed by atoms with E-state index in [-0.39, 0.29) is 17.0 Å². The van der Waals surface area contributed by atoms with Crippen LogP contribution in [0.4, 0.5) is 0 Å². The molecule has 0 unspecified atom stereocenters. The van der Waals surface area contributed by atoms with Gasteiger partial charge in [-0.1, -0.05) is 6.07 Å². The van der Waals surface area contributed by atoms with E-state index in [1.54, 1.807) is 15.9 Å². The van der Waals surface area contributed by atoms with Crippen LogP contribution in [0.5, 0.6) is 0 Å². The van der Waals surface area contributed by atoms with Gasteiger partial charge in [0.2, 0.25) is 5.22 Å². The number of rotatable bonds is 2. The molecular weight excluding hydrogens is 312 g/mol. The molecule has 7 heteroatoms. The van der Waals surface area contributed by atoms with E-state index < -0.39 is 0 Å². The van der Waals surface area contributed by atoms with E-state index in [0.717, 1.165) is 4.88 Å². The van der Waals surface area contributed by atoms with Crippen molar-refractivity contribution in [3.63, 3.8) is 0 Å². The predicted molar refractivity (Wildman–Crippen MR) is 79.8 cm³/mol. The number of thiophene rings is 1. The van der Waals surface area contributed by atoms with Crippen LogP contribution in [0.15, 0.2) is 34.3 Å². The summed E-state index contributed by atoms with van der Waals surface area (Å²) in [6.07, 6.45) is 1.39. The van der Waals surface area contributed by atoms with Crippen LogP contribution in [0.3, 0.4) is 0 Å². The number of piperazine rings is 1. The molecule has 0 atom stereocenters. The van der Waals surface area contributed by atoms with Crippen LogP contribution in [-0.2, 0) is 0 Å². The van der Waals surface area contributed by atoms with Crippen LogP contribution in [0.2, 0.25) is 5.22 Å². The Kier molecular flexibility index (Phi) is 3.98. The molecule has 1 fully saturated rings. The molecule has 0 aromatic carbocycles. The molecule has 3 heterocycles. The minimum atomic E-state index is -0.156. The highest BCUT2D eigenvalue weighted by Gasteiger charge is 2.27. The maximum atomic E-state index is 12.3. The number of halogens is 1. The summed E-state index contributed by atoms with van der Waals surface area (Å²) < 4.78 is 4.94. The summed E-state index contributed by atoms with van der Waals surface area (Å²) in [6, 6.07) is 5.24. The van der Waals surface area contributed by atoms with Gasteiger partial charge in [0, 0.05) is 26.2 Å². The van der Waals surface area contributed by atoms with Gasteiger partial charge in [0.05, 0.1) is 16.7 Å². The molecule has 1 aliphatic heterocycles. The summed E-state index contributed by atoms with van der Waals surface area (Å²) in [6.45, 7) is 2.05. The van der Waals surface area contributed by atoms with Crippen molar-refractivity contribution >= 4 is 34.8 Å². The van der Waals surface area contributed by atoms with Gasteiger partial charge in [0.15, 0.2) is 0 Å². The lowest BCUT2D eigenvalue weighted by molar-refractivity contribution is 0.0538. The summed E-state index contributed by atoms with van der Waals surface area (Å²) in [4.78, 5) is 28.7. The maximum Gasteiger partial charge on any atom is 0.264 e. The minimum Gasteiger partial charge on any atom is -0.452 e. The zero-order valence-corrected chi connectivity index (χ0v) is 12.7. The molecule has 2 amide bonds. The molecule has 0 radical (unpaired) electrons. The number of amides is 2. The third-order valence-electron chi connectivity index (χ3n) is 3.43. The first-order valence-electron chi connectivity index (χ1n) is 6.52. The Hall–Kier alpha value is -1.79. The van der Waals surface area contributed by atoms with Crippen molar-refractivity contribution in [2.24, 2.45) is 0 Å². The van der Waals surface area contributed by atoms with Gasteiger partial charge in [-0.25, -0.2) is 0 Å². The van der Waals surface area contributed by atoms with Gasteiger partial charge in [-0.05, 0) is 29.1 Å². The average Bonchev–Trinajstić information content (AvgIpc) is 3.17. The minimum absolute atomic E-state index is 0.0263. The molecule has 0 bridgehead atoms. The highest BCUT2D eigenvalue weighted by molar-refractivity contribution is 7.12. The van der Waals surface area contributed by atoms with Crippen LogP contribution >= 0.6 is 22.9 Å². The molecule has 0 saturated carbocycles. The third-order valence-corrected chi connectivity index (χ3v) is 4.58. The molecule has 0 spiro atoms. The highest BCUT2D eigenvalue weighted by atomic mass is 35.5. The van der Waals surface area contributed by atoms with E-state index in [4.69, 9.17) is 16.0 Å². The van der Waals surface area contributed by atoms with Gasteiger partial charge in [0.1, 0.15) is 0 Å². The second kappa shape index (κ2) is 5.91. The van der Waals surface area contributed by atoms with Crippen molar-refractivity contribution in [1.29, 1.82) is 0 Å². The van der Waals surface area contributed by atoms with Crippen LogP contribution < -0.4 is 0 Å². The summed E-state index contributed by atoms with van der Waals surface area (Å²) in [5.41, 5.74) is 0.370. The van der Waals surface area contributed by atoms with Gasteiger partial charge < -0.3 is 14.2 Å². The lowest BCUT2D eigenvalue weighted by atomic mass is 10.2. The number of hydrogen-bond donors (Lipinski definition) is 0. The van der Waals surface area contributed by atoms with Crippen LogP contribution in [0.1, 0.15) is 20.0 Å². The fourth-order valence-electron chi connectivity index (χ4n) is 2.29. The SMILES string of the molecule is O=C(c1cccs1)N1CCN(C(=O)c2ccoc2Cl)CC1. The first kappa shape index (κ1) is 14.2. The maximum absolute atomic E-state index is 12.3. The number of hydrogen-bond acceptors (Lipinski definition) is 4. The van der Waals surface area contributed by atoms with Gasteiger partial charge in [-0.3, -0.25) is 9.59 Å². The molecule has 1 aliphatic rings. The first-order valence-corrected chi connectivity index (χ1v) is 7.77. The Bertz CT molecular complexity index is 645. The fraction of sp³-hybridized carbons (Fsp3) is 0.286. The van der Waals surface area contributed by atoms with Gasteiger partial charge in [-0.15, -0.1) is 11.3 Å². The topological polar surface area (TPSA) is 53.8 Å². The van der Waals surface area contributed by atoms with Crippen molar-refractivity contribution in [3.8, 4) is 0 Å². The Balaban J connectivity index is 1.62. The highest BCUT2D eigenvalue weighted by Crippen LogP contribution is 2.20. The van der Waals surface area contributed by atoms with Gasteiger partial charge in [0.25, 0.3) is 11.8 Å². The monoisotopic (exact) mass is 324 g/mol. The molecule has 0 N–H and O–H groups in total. The molecular formula is C14H13ClN2O3S. The second-order valence-electron chi connectivity index (χ2n) is 4.67. The van der Waals surface area contributed by atoms with Crippen molar-refractivity contribution < 1.29 is 14.0 Å². The molecule has 3 rings (SSSR count). The molecule has 0 aliphatic carbocycles. The molecule has 1 saturated heterocycles. The lowest BCUT2D eigenvalue weighted by Gasteiger charge is -2.34. The van der Waals surface area contributed by atoms with E-state index in [1.807, 2.05) is 17.5 Å². The Morgan fingerprint density at radius 3 is 2.29 bits per heavy atom. The zero-order valence-electron chi connectivity index (χ0n) is 11.1. The number of nitrogens with zero attached hydrogens (tertiary/aromatic N) is 2. The lowest BCUT2D eigenvalue weighted by Crippen LogP contribution is -2.50. The van der Waals surface area contributed by atoms with Gasteiger partial charge in [-0.2, -0.15) is 0 Å². The standard InChI is InChI=1S/C14H13ClN2O3S/c15-12-10(3-8-20-12)13(18)16-4-6-17(7-5-16)14(19)11-2-1-9-21-11/h1-3,8-9H,4-7H2. The largest absolute Gasteiger partial charge is 0.452 e. The van der Waals surface area contributed by atoms with E-state index in [9.17, 15) is 9.59 Å². The van der Waals surface area contributed by atoms with Crippen LogP contribution in [-0.4, -0.2) is 47.8 Å². The number of carbonyl (C=O) groups excluding carboxylic acids is 2. The van der Waals surface area contributed by atoms with Gasteiger partial charge >= 0.3 is 0 Å². The molecule has 2 aromatic rings. The van der Waals surface area contributed by atoms with Crippen molar-refractivity contribution in [1.82, 2.24) is 9.80 Å². The van der Waals surface area contributed by atoms with Crippen molar-refractivity contribution in [2.45, 2.75) is 0 Å². The Labute approximate surface area is 130 Å². The first-order chi connectivity index (χ1) is 10.2. The quantitative estimate of drug-likeness (QED) is 0.853. The Morgan fingerprint density at radius 2 is 1.76 bits per heavy atom. The summed E-state index contributed by atoms with van der Waals surface area (Å²) in [5.74, 6) is -0.129. The second-order valence-corrected chi connectivity index (χ2v) is 5.96. The van der Waals surface area contributed by atoms with Crippen LogP contribution in [0.25, 0.3) is 0 Å². The molecule has 5 nitrogen and oxygen atoms in total. The van der Waals surface area contributed by atoms with E-state index in [0.29, 0.717) is 31.7 Å². The van der Waals surface area contributed by atoms with Crippen molar-refractivity contribution in [2.75, 3.05) is 26.2 Å². The number of carbonyl (C=O) groups is 2. The molecule has 110 valence electrons. The molecule has 2 aromatic heterocycles. The zero-order chi connectivity index (χ0) is 14.8. The third kappa shape index (κ3) is 2.82. The van der Waals surface area contributed by atoms with E-state index >= 15 is 0 Å². The number of furan rings is 1. The van der Waals surface area contributed by atoms with E-state index in [2.05, 4.69) is 0 Å².